The molecular weight excluding hydrogens is 304 g/mol. The maximum Gasteiger partial charge on any atom is 0.194 e. The molecule has 5 heteroatoms. The summed E-state index contributed by atoms with van der Waals surface area (Å²) in [5, 5.41) is 3.37. The van der Waals surface area contributed by atoms with E-state index in [0.717, 1.165) is 31.3 Å². The van der Waals surface area contributed by atoms with Gasteiger partial charge in [0.1, 0.15) is 0 Å². The molecular formula is C18H26N4S. The molecule has 0 aliphatic carbocycles. The summed E-state index contributed by atoms with van der Waals surface area (Å²) < 4.78 is 2.14. The molecule has 0 amide bonds. The summed E-state index contributed by atoms with van der Waals surface area (Å²) in [6.07, 6.45) is 2.07. The fraction of sp³-hybridized carbons (Fsp3) is 0.389. The predicted molar refractivity (Wildman–Crippen MR) is 100 cm³/mol. The van der Waals surface area contributed by atoms with Gasteiger partial charge in [-0.05, 0) is 31.2 Å². The summed E-state index contributed by atoms with van der Waals surface area (Å²) in [5.74, 6) is 1.94. The highest BCUT2D eigenvalue weighted by atomic mass is 32.2. The minimum Gasteiger partial charge on any atom is -0.357 e. The molecule has 0 aliphatic heterocycles. The topological polar surface area (TPSA) is 32.6 Å². The molecule has 0 aliphatic rings. The van der Waals surface area contributed by atoms with Gasteiger partial charge in [-0.15, -0.1) is 11.8 Å². The van der Waals surface area contributed by atoms with E-state index in [-0.39, 0.29) is 0 Å². The van der Waals surface area contributed by atoms with Crippen molar-refractivity contribution in [1.82, 2.24) is 14.8 Å². The van der Waals surface area contributed by atoms with Crippen LogP contribution in [0.15, 0.2) is 58.5 Å². The molecule has 124 valence electrons. The van der Waals surface area contributed by atoms with Gasteiger partial charge < -0.3 is 14.8 Å². The molecule has 23 heavy (non-hydrogen) atoms. The fourth-order valence-electron chi connectivity index (χ4n) is 2.28. The van der Waals surface area contributed by atoms with E-state index in [1.807, 2.05) is 17.8 Å². The molecule has 0 saturated heterocycles. The number of hydrogen-bond donors (Lipinski definition) is 1. The zero-order valence-corrected chi connectivity index (χ0v) is 15.0. The highest BCUT2D eigenvalue weighted by Crippen LogP contribution is 2.16. The summed E-state index contributed by atoms with van der Waals surface area (Å²) in [6.45, 7) is 4.63. The van der Waals surface area contributed by atoms with Crippen LogP contribution in [0, 0.1) is 0 Å². The Kier molecular flexibility index (Phi) is 7.07. The van der Waals surface area contributed by atoms with E-state index in [4.69, 9.17) is 4.99 Å². The molecule has 0 unspecified atom stereocenters. The highest BCUT2D eigenvalue weighted by Gasteiger charge is 2.07. The van der Waals surface area contributed by atoms with Crippen LogP contribution in [0.4, 0.5) is 0 Å². The first-order valence-electron chi connectivity index (χ1n) is 7.98. The van der Waals surface area contributed by atoms with Gasteiger partial charge in [-0.2, -0.15) is 0 Å². The Hall–Kier alpha value is -1.88. The number of guanidine groups is 1. The Balaban J connectivity index is 1.87. The van der Waals surface area contributed by atoms with Crippen molar-refractivity contribution >= 4 is 17.7 Å². The number of hydrogen-bond acceptors (Lipinski definition) is 2. The lowest BCUT2D eigenvalue weighted by Crippen LogP contribution is -2.39. The lowest BCUT2D eigenvalue weighted by molar-refractivity contribution is 0.462. The molecule has 0 atom stereocenters. The summed E-state index contributed by atoms with van der Waals surface area (Å²) in [6, 6.07) is 14.7. The molecule has 2 rings (SSSR count). The van der Waals surface area contributed by atoms with Crippen LogP contribution in [0.3, 0.4) is 0 Å². The molecule has 0 radical (unpaired) electrons. The van der Waals surface area contributed by atoms with Crippen molar-refractivity contribution in [3.63, 3.8) is 0 Å². The van der Waals surface area contributed by atoms with Gasteiger partial charge in [0.05, 0.1) is 13.1 Å². The molecule has 0 saturated carbocycles. The molecule has 1 aromatic heterocycles. The van der Waals surface area contributed by atoms with Crippen LogP contribution in [-0.4, -0.2) is 41.3 Å². The third-order valence-corrected chi connectivity index (χ3v) is 4.50. The quantitative estimate of drug-likeness (QED) is 0.366. The number of aryl methyl sites for hydroxylation is 1. The van der Waals surface area contributed by atoms with Crippen molar-refractivity contribution in [2.75, 3.05) is 25.9 Å². The van der Waals surface area contributed by atoms with Gasteiger partial charge in [0, 0.05) is 43.2 Å². The number of nitrogens with one attached hydrogen (secondary N) is 1. The zero-order chi connectivity index (χ0) is 16.5. The van der Waals surface area contributed by atoms with Crippen molar-refractivity contribution in [1.29, 1.82) is 0 Å². The van der Waals surface area contributed by atoms with Crippen LogP contribution >= 0.6 is 11.8 Å². The maximum absolute atomic E-state index is 4.74. The van der Waals surface area contributed by atoms with Crippen LogP contribution in [0.25, 0.3) is 0 Å². The predicted octanol–water partition coefficient (Wildman–Crippen LogP) is 3.21. The smallest absolute Gasteiger partial charge is 0.194 e. The lowest BCUT2D eigenvalue weighted by atomic mass is 10.4. The van der Waals surface area contributed by atoms with Crippen LogP contribution < -0.4 is 5.32 Å². The second-order valence-corrected chi connectivity index (χ2v) is 6.53. The lowest BCUT2D eigenvalue weighted by Gasteiger charge is -2.22. The van der Waals surface area contributed by atoms with E-state index in [0.29, 0.717) is 0 Å². The molecule has 0 bridgehead atoms. The van der Waals surface area contributed by atoms with Crippen LogP contribution in [0.2, 0.25) is 0 Å². The molecule has 0 spiro atoms. The van der Waals surface area contributed by atoms with Crippen LogP contribution in [0.1, 0.15) is 12.6 Å². The van der Waals surface area contributed by atoms with Crippen LogP contribution in [-0.2, 0) is 13.6 Å². The number of rotatable bonds is 7. The van der Waals surface area contributed by atoms with Crippen molar-refractivity contribution in [2.24, 2.45) is 12.0 Å². The van der Waals surface area contributed by atoms with E-state index in [9.17, 15) is 0 Å². The van der Waals surface area contributed by atoms with Gasteiger partial charge >= 0.3 is 0 Å². The van der Waals surface area contributed by atoms with E-state index >= 15 is 0 Å². The molecule has 2 aromatic rings. The van der Waals surface area contributed by atoms with Crippen molar-refractivity contribution in [3.05, 3.63) is 54.4 Å². The number of nitrogens with zero attached hydrogens (tertiary/aromatic N) is 3. The van der Waals surface area contributed by atoms with Crippen molar-refractivity contribution in [3.8, 4) is 0 Å². The van der Waals surface area contributed by atoms with E-state index < -0.39 is 0 Å². The molecule has 1 aromatic carbocycles. The summed E-state index contributed by atoms with van der Waals surface area (Å²) in [7, 11) is 4.16. The Morgan fingerprint density at radius 1 is 1.22 bits per heavy atom. The first-order valence-corrected chi connectivity index (χ1v) is 8.96. The standard InChI is InChI=1S/C18H26N4S/c1-4-19-18(22(3)15-16-9-8-13-21(16)2)20-12-14-23-17-10-6-5-7-11-17/h5-11,13H,4,12,14-15H2,1-3H3,(H,19,20). The SMILES string of the molecule is CCNC(=NCCSc1ccccc1)N(C)Cc1cccn1C. The normalized spacial score (nSPS) is 11.5. The zero-order valence-electron chi connectivity index (χ0n) is 14.2. The fourth-order valence-corrected chi connectivity index (χ4v) is 3.05. The van der Waals surface area contributed by atoms with Gasteiger partial charge in [0.25, 0.3) is 0 Å². The molecule has 4 nitrogen and oxygen atoms in total. The van der Waals surface area contributed by atoms with E-state index in [2.05, 4.69) is 78.4 Å². The number of aliphatic imine (C=N–C) groups is 1. The first kappa shape index (κ1) is 17.5. The van der Waals surface area contributed by atoms with E-state index in [1.54, 1.807) is 0 Å². The minimum absolute atomic E-state index is 0.805. The molecule has 1 heterocycles. The number of aromatic nitrogens is 1. The molecule has 0 fully saturated rings. The molecule has 1 N–H and O–H groups in total. The first-order chi connectivity index (χ1) is 11.2. The van der Waals surface area contributed by atoms with Crippen molar-refractivity contribution in [2.45, 2.75) is 18.4 Å². The Morgan fingerprint density at radius 2 is 2.00 bits per heavy atom. The van der Waals surface area contributed by atoms with Gasteiger partial charge in [-0.25, -0.2) is 0 Å². The van der Waals surface area contributed by atoms with Gasteiger partial charge in [-0.1, -0.05) is 18.2 Å². The largest absolute Gasteiger partial charge is 0.357 e. The average Bonchev–Trinajstić information content (AvgIpc) is 2.96. The van der Waals surface area contributed by atoms with Gasteiger partial charge in [-0.3, -0.25) is 4.99 Å². The van der Waals surface area contributed by atoms with Gasteiger partial charge in [0.15, 0.2) is 5.96 Å². The highest BCUT2D eigenvalue weighted by molar-refractivity contribution is 7.99. The summed E-state index contributed by atoms with van der Waals surface area (Å²) in [4.78, 5) is 8.21. The second-order valence-electron chi connectivity index (χ2n) is 5.36. The number of thioether (sulfide) groups is 1. The third kappa shape index (κ3) is 5.67. The monoisotopic (exact) mass is 330 g/mol. The Labute approximate surface area is 143 Å². The number of benzene rings is 1. The van der Waals surface area contributed by atoms with Gasteiger partial charge in [0.2, 0.25) is 0 Å². The maximum atomic E-state index is 4.74. The van der Waals surface area contributed by atoms with Crippen molar-refractivity contribution < 1.29 is 0 Å². The Bertz CT molecular complexity index is 606. The average molecular weight is 331 g/mol. The summed E-state index contributed by atoms with van der Waals surface area (Å²) in [5.41, 5.74) is 1.27. The summed E-state index contributed by atoms with van der Waals surface area (Å²) >= 11 is 1.84. The third-order valence-electron chi connectivity index (χ3n) is 3.51. The van der Waals surface area contributed by atoms with E-state index in [1.165, 1.54) is 10.6 Å². The second kappa shape index (κ2) is 9.30. The minimum atomic E-state index is 0.805. The Morgan fingerprint density at radius 3 is 2.65 bits per heavy atom. The van der Waals surface area contributed by atoms with Crippen LogP contribution in [0.5, 0.6) is 0 Å².